The Morgan fingerprint density at radius 1 is 1.06 bits per heavy atom. The molecule has 1 aliphatic rings. The molecule has 0 bridgehead atoms. The predicted molar refractivity (Wildman–Crippen MR) is 60.8 cm³/mol. The van der Waals surface area contributed by atoms with E-state index < -0.39 is 5.91 Å². The summed E-state index contributed by atoms with van der Waals surface area (Å²) in [6, 6.07) is 6.25. The first-order valence-electron chi connectivity index (χ1n) is 5.56. The lowest BCUT2D eigenvalue weighted by Gasteiger charge is -2.15. The Morgan fingerprint density at radius 3 is 2.12 bits per heavy atom. The monoisotopic (exact) mass is 234 g/mol. The maximum absolute atomic E-state index is 12.0. The fourth-order valence-electron chi connectivity index (χ4n) is 1.93. The van der Waals surface area contributed by atoms with E-state index in [1.54, 1.807) is 22.5 Å². The van der Waals surface area contributed by atoms with Gasteiger partial charge in [0, 0.05) is 24.2 Å². The van der Waals surface area contributed by atoms with E-state index in [2.05, 4.69) is 0 Å². The molecule has 17 heavy (non-hydrogen) atoms. The first-order chi connectivity index (χ1) is 8.22. The zero-order valence-corrected chi connectivity index (χ0v) is 9.35. The summed E-state index contributed by atoms with van der Waals surface area (Å²) < 4.78 is 0. The van der Waals surface area contributed by atoms with Crippen LogP contribution in [-0.2, 0) is 0 Å². The van der Waals surface area contributed by atoms with E-state index in [9.17, 15) is 9.59 Å². The summed E-state index contributed by atoms with van der Waals surface area (Å²) >= 11 is 0. The van der Waals surface area contributed by atoms with Crippen LogP contribution in [0.15, 0.2) is 24.3 Å². The van der Waals surface area contributed by atoms with Crippen LogP contribution in [0.5, 0.6) is 0 Å². The Hall–Kier alpha value is -1.88. The molecule has 2 rings (SSSR count). The number of hydroxylamine groups is 1. The largest absolute Gasteiger partial charge is 0.339 e. The molecule has 2 N–H and O–H groups in total. The van der Waals surface area contributed by atoms with Crippen molar-refractivity contribution in [2.75, 3.05) is 13.1 Å². The standard InChI is InChI=1S/C12H14N2O3/c15-11(13-17)9-3-5-10(6-4-9)12(16)14-7-1-2-8-14/h3-6,17H,1-2,7-8H2,(H,13,15). The minimum atomic E-state index is -0.579. The molecular formula is C12H14N2O3. The Bertz CT molecular complexity index is 422. The Morgan fingerprint density at radius 2 is 1.59 bits per heavy atom. The Balaban J connectivity index is 2.11. The zero-order chi connectivity index (χ0) is 12.3. The van der Waals surface area contributed by atoms with Gasteiger partial charge in [-0.1, -0.05) is 0 Å². The van der Waals surface area contributed by atoms with Crippen LogP contribution >= 0.6 is 0 Å². The summed E-state index contributed by atoms with van der Waals surface area (Å²) in [5, 5.41) is 8.46. The molecule has 0 saturated carbocycles. The summed E-state index contributed by atoms with van der Waals surface area (Å²) in [6.45, 7) is 1.61. The molecule has 5 nitrogen and oxygen atoms in total. The number of hydrogen-bond acceptors (Lipinski definition) is 3. The second kappa shape index (κ2) is 4.97. The number of carbonyl (C=O) groups is 2. The summed E-state index contributed by atoms with van der Waals surface area (Å²) in [4.78, 5) is 24.9. The Kier molecular flexibility index (Phi) is 3.39. The fourth-order valence-corrected chi connectivity index (χ4v) is 1.93. The average molecular weight is 234 g/mol. The second-order valence-electron chi connectivity index (χ2n) is 4.02. The number of nitrogens with zero attached hydrogens (tertiary/aromatic N) is 1. The molecule has 0 aromatic heterocycles. The van der Waals surface area contributed by atoms with Crippen LogP contribution in [0.25, 0.3) is 0 Å². The van der Waals surface area contributed by atoms with Crippen LogP contribution < -0.4 is 5.48 Å². The van der Waals surface area contributed by atoms with Gasteiger partial charge in [-0.2, -0.15) is 0 Å². The minimum Gasteiger partial charge on any atom is -0.339 e. The van der Waals surface area contributed by atoms with E-state index in [0.29, 0.717) is 11.1 Å². The lowest BCUT2D eigenvalue weighted by molar-refractivity contribution is 0.0705. The van der Waals surface area contributed by atoms with Gasteiger partial charge < -0.3 is 4.90 Å². The maximum Gasteiger partial charge on any atom is 0.274 e. The van der Waals surface area contributed by atoms with Gasteiger partial charge in [0.15, 0.2) is 0 Å². The van der Waals surface area contributed by atoms with Crippen molar-refractivity contribution in [3.05, 3.63) is 35.4 Å². The van der Waals surface area contributed by atoms with E-state index in [4.69, 9.17) is 5.21 Å². The van der Waals surface area contributed by atoms with Crippen molar-refractivity contribution < 1.29 is 14.8 Å². The van der Waals surface area contributed by atoms with Crippen molar-refractivity contribution in [3.63, 3.8) is 0 Å². The topological polar surface area (TPSA) is 69.6 Å². The molecule has 0 atom stereocenters. The lowest BCUT2D eigenvalue weighted by atomic mass is 10.1. The first-order valence-corrected chi connectivity index (χ1v) is 5.56. The molecule has 0 aliphatic carbocycles. The van der Waals surface area contributed by atoms with Gasteiger partial charge in [-0.3, -0.25) is 14.8 Å². The number of likely N-dealkylation sites (tertiary alicyclic amines) is 1. The number of hydrogen-bond donors (Lipinski definition) is 2. The van der Waals surface area contributed by atoms with Crippen LogP contribution in [0.4, 0.5) is 0 Å². The van der Waals surface area contributed by atoms with Crippen LogP contribution in [0, 0.1) is 0 Å². The van der Waals surface area contributed by atoms with Crippen LogP contribution in [0.2, 0.25) is 0 Å². The molecule has 90 valence electrons. The normalized spacial score (nSPS) is 14.8. The van der Waals surface area contributed by atoms with E-state index in [1.165, 1.54) is 12.1 Å². The summed E-state index contributed by atoms with van der Waals surface area (Å²) in [5.74, 6) is -0.580. The zero-order valence-electron chi connectivity index (χ0n) is 9.35. The highest BCUT2D eigenvalue weighted by Crippen LogP contribution is 2.13. The minimum absolute atomic E-state index is 0.00143. The molecule has 5 heteroatoms. The number of nitrogens with one attached hydrogen (secondary N) is 1. The molecular weight excluding hydrogens is 220 g/mol. The summed E-state index contributed by atoms with van der Waals surface area (Å²) in [5.41, 5.74) is 2.45. The highest BCUT2D eigenvalue weighted by molar-refractivity contribution is 5.97. The van der Waals surface area contributed by atoms with Gasteiger partial charge in [-0.15, -0.1) is 0 Å². The molecule has 1 aromatic carbocycles. The second-order valence-corrected chi connectivity index (χ2v) is 4.02. The first kappa shape index (κ1) is 11.6. The van der Waals surface area contributed by atoms with E-state index in [-0.39, 0.29) is 5.91 Å². The van der Waals surface area contributed by atoms with Gasteiger partial charge in [0.2, 0.25) is 0 Å². The third-order valence-corrected chi connectivity index (χ3v) is 2.89. The molecule has 2 amide bonds. The highest BCUT2D eigenvalue weighted by Gasteiger charge is 2.19. The van der Waals surface area contributed by atoms with Gasteiger partial charge in [0.1, 0.15) is 0 Å². The molecule has 1 aliphatic heterocycles. The van der Waals surface area contributed by atoms with Crippen LogP contribution in [-0.4, -0.2) is 35.0 Å². The van der Waals surface area contributed by atoms with Crippen molar-refractivity contribution >= 4 is 11.8 Å². The number of amides is 2. The Labute approximate surface area is 99.0 Å². The highest BCUT2D eigenvalue weighted by atomic mass is 16.5. The van der Waals surface area contributed by atoms with Crippen molar-refractivity contribution in [3.8, 4) is 0 Å². The van der Waals surface area contributed by atoms with Gasteiger partial charge >= 0.3 is 0 Å². The summed E-state index contributed by atoms with van der Waals surface area (Å²) in [7, 11) is 0. The van der Waals surface area contributed by atoms with E-state index in [0.717, 1.165) is 25.9 Å². The van der Waals surface area contributed by atoms with Gasteiger partial charge in [-0.25, -0.2) is 5.48 Å². The third-order valence-electron chi connectivity index (χ3n) is 2.89. The van der Waals surface area contributed by atoms with Crippen LogP contribution in [0.3, 0.4) is 0 Å². The lowest BCUT2D eigenvalue weighted by Crippen LogP contribution is -2.27. The smallest absolute Gasteiger partial charge is 0.274 e. The number of benzene rings is 1. The van der Waals surface area contributed by atoms with Crippen LogP contribution in [0.1, 0.15) is 33.6 Å². The maximum atomic E-state index is 12.0. The SMILES string of the molecule is O=C(NO)c1ccc(C(=O)N2CCCC2)cc1. The van der Waals surface area contributed by atoms with Crippen molar-refractivity contribution in [1.82, 2.24) is 10.4 Å². The predicted octanol–water partition coefficient (Wildman–Crippen LogP) is 1.04. The molecule has 0 radical (unpaired) electrons. The molecule has 1 aromatic rings. The molecule has 1 fully saturated rings. The van der Waals surface area contributed by atoms with Gasteiger partial charge in [0.05, 0.1) is 0 Å². The van der Waals surface area contributed by atoms with Crippen molar-refractivity contribution in [2.24, 2.45) is 0 Å². The van der Waals surface area contributed by atoms with Crippen molar-refractivity contribution in [1.29, 1.82) is 0 Å². The molecule has 0 spiro atoms. The van der Waals surface area contributed by atoms with Gasteiger partial charge in [0.25, 0.3) is 11.8 Å². The van der Waals surface area contributed by atoms with Crippen molar-refractivity contribution in [2.45, 2.75) is 12.8 Å². The molecule has 0 unspecified atom stereocenters. The molecule has 1 saturated heterocycles. The van der Waals surface area contributed by atoms with E-state index in [1.807, 2.05) is 0 Å². The molecule has 1 heterocycles. The summed E-state index contributed by atoms with van der Waals surface area (Å²) in [6.07, 6.45) is 2.10. The quantitative estimate of drug-likeness (QED) is 0.593. The number of carbonyl (C=O) groups excluding carboxylic acids is 2. The number of rotatable bonds is 2. The van der Waals surface area contributed by atoms with Gasteiger partial charge in [-0.05, 0) is 37.1 Å². The third kappa shape index (κ3) is 2.45. The fraction of sp³-hybridized carbons (Fsp3) is 0.333. The average Bonchev–Trinajstić information content (AvgIpc) is 2.91. The van der Waals surface area contributed by atoms with E-state index >= 15 is 0 Å².